The van der Waals surface area contributed by atoms with Crippen LogP contribution in [0.4, 0.5) is 0 Å². The molecule has 2 atom stereocenters. The van der Waals surface area contributed by atoms with Crippen LogP contribution < -0.4 is 0 Å². The van der Waals surface area contributed by atoms with Gasteiger partial charge in [-0.15, -0.1) is 0 Å². The fourth-order valence-corrected chi connectivity index (χ4v) is 3.16. The van der Waals surface area contributed by atoms with E-state index >= 15 is 0 Å². The molecule has 5 heteroatoms. The van der Waals surface area contributed by atoms with Gasteiger partial charge in [-0.05, 0) is 51.8 Å². The van der Waals surface area contributed by atoms with Crippen LogP contribution in [0.5, 0.6) is 0 Å². The molecule has 1 aliphatic rings. The Morgan fingerprint density at radius 3 is 2.14 bits per heavy atom. The van der Waals surface area contributed by atoms with E-state index in [2.05, 4.69) is 15.9 Å². The summed E-state index contributed by atoms with van der Waals surface area (Å²) < 4.78 is 11.4. The second-order valence-corrected chi connectivity index (χ2v) is 7.83. The molecule has 4 nitrogen and oxygen atoms in total. The first kappa shape index (κ1) is 17.0. The monoisotopic (exact) mass is 368 g/mol. The smallest absolute Gasteiger partial charge is 0.318 e. The number of hydrogen-bond acceptors (Lipinski definition) is 4. The Labute approximate surface area is 139 Å². The summed E-state index contributed by atoms with van der Waals surface area (Å²) in [6.07, 6.45) is 0.392. The molecule has 0 aliphatic heterocycles. The summed E-state index contributed by atoms with van der Waals surface area (Å²) in [6.45, 7) is 7.21. The van der Waals surface area contributed by atoms with Crippen LogP contribution in [0.1, 0.15) is 39.7 Å². The molecule has 0 unspecified atom stereocenters. The van der Waals surface area contributed by atoms with Crippen molar-refractivity contribution < 1.29 is 19.1 Å². The number of carbonyl (C=O) groups excluding carboxylic acids is 2. The molecule has 0 spiro atoms. The third-order valence-electron chi connectivity index (χ3n) is 4.16. The van der Waals surface area contributed by atoms with Crippen LogP contribution in [-0.2, 0) is 24.5 Å². The Balaban J connectivity index is 2.46. The minimum atomic E-state index is -0.978. The normalized spacial score (nSPS) is 27.2. The number of hydrogen-bond donors (Lipinski definition) is 0. The topological polar surface area (TPSA) is 52.6 Å². The highest BCUT2D eigenvalue weighted by atomic mass is 79.9. The van der Waals surface area contributed by atoms with Crippen LogP contribution in [0.15, 0.2) is 28.7 Å². The maximum Gasteiger partial charge on any atom is 0.318 e. The molecule has 1 aliphatic carbocycles. The number of halogens is 1. The highest BCUT2D eigenvalue weighted by Gasteiger charge is 2.76. The van der Waals surface area contributed by atoms with Gasteiger partial charge in [-0.25, -0.2) is 0 Å². The first-order valence-corrected chi connectivity index (χ1v) is 7.94. The Morgan fingerprint density at radius 2 is 1.68 bits per heavy atom. The molecular formula is C17H21BrO4. The van der Waals surface area contributed by atoms with Crippen molar-refractivity contribution >= 4 is 27.9 Å². The molecule has 0 radical (unpaired) electrons. The van der Waals surface area contributed by atoms with Gasteiger partial charge in [-0.2, -0.15) is 0 Å². The molecule has 1 fully saturated rings. The van der Waals surface area contributed by atoms with Gasteiger partial charge in [0.25, 0.3) is 0 Å². The maximum atomic E-state index is 12.8. The summed E-state index contributed by atoms with van der Waals surface area (Å²) in [5.74, 6) is -0.767. The van der Waals surface area contributed by atoms with E-state index in [9.17, 15) is 9.59 Å². The van der Waals surface area contributed by atoms with Gasteiger partial charge in [-0.3, -0.25) is 9.59 Å². The van der Waals surface area contributed by atoms with Gasteiger partial charge < -0.3 is 9.47 Å². The average Bonchev–Trinajstić information content (AvgIpc) is 3.06. The number of benzene rings is 1. The van der Waals surface area contributed by atoms with Gasteiger partial charge in [0.15, 0.2) is 0 Å². The van der Waals surface area contributed by atoms with Crippen molar-refractivity contribution in [3.63, 3.8) is 0 Å². The molecule has 1 saturated carbocycles. The van der Waals surface area contributed by atoms with Crippen LogP contribution in [0.25, 0.3) is 0 Å². The van der Waals surface area contributed by atoms with Gasteiger partial charge in [0.05, 0.1) is 12.5 Å². The SMILES string of the molecule is COC(=O)[C@]1(C)C[C@]1(C(=O)OC(C)(C)C)c1ccc(Br)cc1. The zero-order chi connectivity index (χ0) is 16.8. The van der Waals surface area contributed by atoms with Gasteiger partial charge >= 0.3 is 11.9 Å². The fraction of sp³-hybridized carbons (Fsp3) is 0.529. The van der Waals surface area contributed by atoms with Crippen molar-refractivity contribution in [2.75, 3.05) is 7.11 Å². The molecule has 2 rings (SSSR count). The van der Waals surface area contributed by atoms with E-state index in [4.69, 9.17) is 9.47 Å². The largest absolute Gasteiger partial charge is 0.469 e. The standard InChI is InChI=1S/C17H21BrO4/c1-15(2,3)22-14(20)17(10-16(17,4)13(19)21-5)11-6-8-12(18)9-7-11/h6-9H,10H2,1-5H3/t16-,17+/m0/s1. The molecule has 1 aromatic rings. The summed E-state index contributed by atoms with van der Waals surface area (Å²) in [7, 11) is 1.34. The number of methoxy groups -OCH3 is 1. The van der Waals surface area contributed by atoms with E-state index in [1.54, 1.807) is 6.92 Å². The molecular weight excluding hydrogens is 348 g/mol. The van der Waals surface area contributed by atoms with E-state index in [0.29, 0.717) is 6.42 Å². The van der Waals surface area contributed by atoms with E-state index < -0.39 is 16.4 Å². The molecule has 0 amide bonds. The van der Waals surface area contributed by atoms with Crippen molar-refractivity contribution in [2.45, 2.75) is 45.1 Å². The Hall–Kier alpha value is -1.36. The quantitative estimate of drug-likeness (QED) is 0.764. The second kappa shape index (κ2) is 5.37. The lowest BCUT2D eigenvalue weighted by molar-refractivity contribution is -0.163. The predicted octanol–water partition coefficient (Wildman–Crippen LogP) is 3.61. The highest BCUT2D eigenvalue weighted by molar-refractivity contribution is 9.10. The van der Waals surface area contributed by atoms with E-state index in [-0.39, 0.29) is 11.9 Å². The molecule has 22 heavy (non-hydrogen) atoms. The summed E-state index contributed by atoms with van der Waals surface area (Å²) >= 11 is 3.38. The van der Waals surface area contributed by atoms with Crippen LogP contribution in [-0.4, -0.2) is 24.6 Å². The van der Waals surface area contributed by atoms with Gasteiger partial charge in [0, 0.05) is 4.47 Å². The molecule has 1 aromatic carbocycles. The molecule has 0 aromatic heterocycles. The maximum absolute atomic E-state index is 12.8. The third-order valence-corrected chi connectivity index (χ3v) is 4.68. The lowest BCUT2D eigenvalue weighted by Gasteiger charge is -2.26. The Morgan fingerprint density at radius 1 is 1.14 bits per heavy atom. The van der Waals surface area contributed by atoms with Crippen LogP contribution in [0.2, 0.25) is 0 Å². The first-order chi connectivity index (χ1) is 10.1. The summed E-state index contributed by atoms with van der Waals surface area (Å²) in [5.41, 5.74) is -1.71. The molecule has 0 saturated heterocycles. The molecule has 0 N–H and O–H groups in total. The zero-order valence-corrected chi connectivity index (χ0v) is 15.1. The van der Waals surface area contributed by atoms with Crippen LogP contribution in [0, 0.1) is 5.41 Å². The molecule has 0 bridgehead atoms. The van der Waals surface area contributed by atoms with Gasteiger partial charge in [0.1, 0.15) is 11.0 Å². The lowest BCUT2D eigenvalue weighted by Crippen LogP contribution is -2.37. The summed E-state index contributed by atoms with van der Waals surface area (Å²) in [6, 6.07) is 7.42. The van der Waals surface area contributed by atoms with E-state index in [1.807, 2.05) is 45.0 Å². The minimum absolute atomic E-state index is 0.379. The van der Waals surface area contributed by atoms with Crippen molar-refractivity contribution in [1.29, 1.82) is 0 Å². The van der Waals surface area contributed by atoms with E-state index in [1.165, 1.54) is 7.11 Å². The molecule has 120 valence electrons. The van der Waals surface area contributed by atoms with Gasteiger partial charge in [-0.1, -0.05) is 28.1 Å². The Kier molecular flexibility index (Phi) is 4.15. The average molecular weight is 369 g/mol. The minimum Gasteiger partial charge on any atom is -0.469 e. The molecule has 0 heterocycles. The van der Waals surface area contributed by atoms with Crippen LogP contribution >= 0.6 is 15.9 Å². The van der Waals surface area contributed by atoms with Crippen molar-refractivity contribution in [3.8, 4) is 0 Å². The predicted molar refractivity (Wildman–Crippen MR) is 86.4 cm³/mol. The number of carbonyl (C=O) groups is 2. The van der Waals surface area contributed by atoms with Gasteiger partial charge in [0.2, 0.25) is 0 Å². The number of esters is 2. The lowest BCUT2D eigenvalue weighted by atomic mass is 9.86. The zero-order valence-electron chi connectivity index (χ0n) is 13.5. The highest BCUT2D eigenvalue weighted by Crippen LogP contribution is 2.66. The van der Waals surface area contributed by atoms with Crippen molar-refractivity contribution in [3.05, 3.63) is 34.3 Å². The third kappa shape index (κ3) is 2.67. The second-order valence-electron chi connectivity index (χ2n) is 6.91. The number of ether oxygens (including phenoxy) is 2. The van der Waals surface area contributed by atoms with Crippen LogP contribution in [0.3, 0.4) is 0 Å². The van der Waals surface area contributed by atoms with Crippen molar-refractivity contribution in [2.24, 2.45) is 5.41 Å². The van der Waals surface area contributed by atoms with E-state index in [0.717, 1.165) is 10.0 Å². The van der Waals surface area contributed by atoms with Crippen molar-refractivity contribution in [1.82, 2.24) is 0 Å². The summed E-state index contributed by atoms with van der Waals surface area (Å²) in [5, 5.41) is 0. The Bertz CT molecular complexity index is 602. The number of rotatable bonds is 3. The summed E-state index contributed by atoms with van der Waals surface area (Å²) in [4.78, 5) is 25.0. The first-order valence-electron chi connectivity index (χ1n) is 7.15. The fourth-order valence-electron chi connectivity index (χ4n) is 2.89.